The fraction of sp³-hybridized carbons (Fsp3) is 0.258. The lowest BCUT2D eigenvalue weighted by Crippen LogP contribution is -2.28. The minimum absolute atomic E-state index is 0.0653. The van der Waals surface area contributed by atoms with Crippen LogP contribution in [0.25, 0.3) is 33.7 Å². The lowest BCUT2D eigenvalue weighted by molar-refractivity contribution is -0.121. The van der Waals surface area contributed by atoms with Crippen molar-refractivity contribution in [2.24, 2.45) is 0 Å². The molecular formula is C31H32N8O. The van der Waals surface area contributed by atoms with Crippen LogP contribution in [0, 0.1) is 0 Å². The Bertz CT molecular complexity index is 1740. The van der Waals surface area contributed by atoms with E-state index in [1.807, 2.05) is 65.1 Å². The van der Waals surface area contributed by atoms with Crippen molar-refractivity contribution in [1.82, 2.24) is 39.4 Å². The van der Waals surface area contributed by atoms with Crippen molar-refractivity contribution >= 4 is 28.2 Å². The summed E-state index contributed by atoms with van der Waals surface area (Å²) in [7, 11) is 2.11. The molecule has 6 rings (SSSR count). The van der Waals surface area contributed by atoms with Crippen molar-refractivity contribution < 1.29 is 4.79 Å². The third-order valence-corrected chi connectivity index (χ3v) is 7.07. The van der Waals surface area contributed by atoms with Gasteiger partial charge in [0.2, 0.25) is 5.91 Å². The number of rotatable bonds is 11. The van der Waals surface area contributed by atoms with E-state index in [1.165, 1.54) is 5.56 Å². The molecule has 6 aromatic rings. The van der Waals surface area contributed by atoms with Gasteiger partial charge >= 0.3 is 0 Å². The summed E-state index contributed by atoms with van der Waals surface area (Å²) in [5, 5.41) is 17.8. The predicted molar refractivity (Wildman–Crippen MR) is 156 cm³/mol. The highest BCUT2D eigenvalue weighted by molar-refractivity contribution is 5.94. The molecule has 0 saturated heterocycles. The van der Waals surface area contributed by atoms with Gasteiger partial charge in [-0.1, -0.05) is 72.8 Å². The maximum Gasteiger partial charge on any atom is 0.258 e. The van der Waals surface area contributed by atoms with Crippen molar-refractivity contribution in [2.45, 2.75) is 32.2 Å². The number of aromatic nitrogens is 6. The molecule has 202 valence electrons. The number of para-hydroxylation sites is 1. The first-order valence-corrected chi connectivity index (χ1v) is 13.7. The first-order valence-electron chi connectivity index (χ1n) is 13.7. The SMILES string of the molecule is CN(CCCNC(=O)CCCc1nnc2n3nc(-c4ccccc4)nc3c3ccccc3n12)Cc1ccccc1. The number of nitrogens with zero attached hydrogens (tertiary/aromatic N) is 7. The third-order valence-electron chi connectivity index (χ3n) is 7.07. The van der Waals surface area contributed by atoms with Crippen LogP contribution in [0.5, 0.6) is 0 Å². The highest BCUT2D eigenvalue weighted by atomic mass is 16.1. The average molecular weight is 533 g/mol. The molecule has 3 heterocycles. The summed E-state index contributed by atoms with van der Waals surface area (Å²) in [6, 6.07) is 28.4. The molecule has 40 heavy (non-hydrogen) atoms. The summed E-state index contributed by atoms with van der Waals surface area (Å²) in [4.78, 5) is 19.6. The van der Waals surface area contributed by atoms with Crippen LogP contribution in [0.3, 0.4) is 0 Å². The van der Waals surface area contributed by atoms with Gasteiger partial charge in [-0.2, -0.15) is 4.52 Å². The zero-order valence-corrected chi connectivity index (χ0v) is 22.6. The molecule has 3 aromatic heterocycles. The molecule has 3 aromatic carbocycles. The number of nitrogens with one attached hydrogen (secondary N) is 1. The van der Waals surface area contributed by atoms with Crippen LogP contribution >= 0.6 is 0 Å². The molecule has 0 radical (unpaired) electrons. The molecule has 1 amide bonds. The Balaban J connectivity index is 1.09. The molecule has 0 atom stereocenters. The van der Waals surface area contributed by atoms with Crippen LogP contribution in [0.1, 0.15) is 30.7 Å². The summed E-state index contributed by atoms with van der Waals surface area (Å²) in [6.07, 6.45) is 2.66. The molecule has 9 heteroatoms. The quantitative estimate of drug-likeness (QED) is 0.246. The van der Waals surface area contributed by atoms with E-state index in [-0.39, 0.29) is 5.91 Å². The van der Waals surface area contributed by atoms with Crippen molar-refractivity contribution in [1.29, 1.82) is 0 Å². The van der Waals surface area contributed by atoms with Gasteiger partial charge in [0.05, 0.1) is 5.52 Å². The van der Waals surface area contributed by atoms with E-state index in [2.05, 4.69) is 51.7 Å². The van der Waals surface area contributed by atoms with Crippen LogP contribution in [0.15, 0.2) is 84.9 Å². The summed E-state index contributed by atoms with van der Waals surface area (Å²) in [6.45, 7) is 2.51. The highest BCUT2D eigenvalue weighted by Crippen LogP contribution is 2.25. The maximum atomic E-state index is 12.5. The van der Waals surface area contributed by atoms with E-state index in [0.29, 0.717) is 37.4 Å². The Morgan fingerprint density at radius 3 is 2.48 bits per heavy atom. The van der Waals surface area contributed by atoms with Crippen LogP contribution in [-0.2, 0) is 17.8 Å². The first kappa shape index (κ1) is 25.6. The van der Waals surface area contributed by atoms with Crippen molar-refractivity contribution in [2.75, 3.05) is 20.1 Å². The monoisotopic (exact) mass is 532 g/mol. The molecule has 0 spiro atoms. The number of fused-ring (bicyclic) bond motifs is 6. The summed E-state index contributed by atoms with van der Waals surface area (Å²) >= 11 is 0. The lowest BCUT2D eigenvalue weighted by Gasteiger charge is -2.16. The topological polar surface area (TPSA) is 92.7 Å². The van der Waals surface area contributed by atoms with E-state index in [4.69, 9.17) is 10.1 Å². The molecule has 0 aliphatic carbocycles. The maximum absolute atomic E-state index is 12.5. The van der Waals surface area contributed by atoms with Gasteiger partial charge in [-0.15, -0.1) is 15.3 Å². The molecule has 0 fully saturated rings. The van der Waals surface area contributed by atoms with Crippen LogP contribution in [0.2, 0.25) is 0 Å². The third kappa shape index (κ3) is 5.41. The lowest BCUT2D eigenvalue weighted by atomic mass is 10.2. The Hall–Kier alpha value is -4.63. The van der Waals surface area contributed by atoms with Gasteiger partial charge in [-0.05, 0) is 44.1 Å². The second-order valence-electron chi connectivity index (χ2n) is 10.1. The molecule has 1 N–H and O–H groups in total. The molecule has 0 bridgehead atoms. The van der Waals surface area contributed by atoms with Gasteiger partial charge < -0.3 is 10.2 Å². The Morgan fingerprint density at radius 2 is 1.65 bits per heavy atom. The number of benzene rings is 3. The minimum atomic E-state index is 0.0653. The van der Waals surface area contributed by atoms with Gasteiger partial charge in [-0.25, -0.2) is 4.98 Å². The first-order chi connectivity index (χ1) is 19.7. The van der Waals surface area contributed by atoms with E-state index >= 15 is 0 Å². The van der Waals surface area contributed by atoms with Crippen LogP contribution in [0.4, 0.5) is 0 Å². The van der Waals surface area contributed by atoms with E-state index in [9.17, 15) is 4.79 Å². The number of carbonyl (C=O) groups is 1. The van der Waals surface area contributed by atoms with Crippen molar-refractivity contribution in [3.8, 4) is 11.4 Å². The Labute approximate surface area is 232 Å². The van der Waals surface area contributed by atoms with Crippen LogP contribution in [-0.4, -0.2) is 60.1 Å². The molecule has 0 saturated carbocycles. The Morgan fingerprint density at radius 1 is 0.900 bits per heavy atom. The van der Waals surface area contributed by atoms with Gasteiger partial charge in [0.25, 0.3) is 5.78 Å². The molecular weight excluding hydrogens is 500 g/mol. The molecule has 9 nitrogen and oxygen atoms in total. The zero-order valence-electron chi connectivity index (χ0n) is 22.6. The van der Waals surface area contributed by atoms with Gasteiger partial charge in [-0.3, -0.25) is 9.20 Å². The normalized spacial score (nSPS) is 11.7. The van der Waals surface area contributed by atoms with Crippen molar-refractivity contribution in [3.05, 3.63) is 96.3 Å². The highest BCUT2D eigenvalue weighted by Gasteiger charge is 2.18. The Kier molecular flexibility index (Phi) is 7.45. The number of hydrogen-bond donors (Lipinski definition) is 1. The van der Waals surface area contributed by atoms with Gasteiger partial charge in [0.15, 0.2) is 11.5 Å². The summed E-state index contributed by atoms with van der Waals surface area (Å²) < 4.78 is 3.80. The second-order valence-corrected chi connectivity index (χ2v) is 10.1. The zero-order chi connectivity index (χ0) is 27.3. The number of aryl methyl sites for hydroxylation is 1. The molecule has 0 aliphatic heterocycles. The number of carbonyl (C=O) groups excluding carboxylic acids is 1. The fourth-order valence-electron chi connectivity index (χ4n) is 5.09. The van der Waals surface area contributed by atoms with Crippen LogP contribution < -0.4 is 5.32 Å². The standard InChI is InChI=1S/C31H32N8O/c1-37(22-23-12-4-2-5-13-23)21-11-20-32-28(40)19-10-18-27-34-35-31-38(27)26-17-9-8-16-25(26)30-33-29(36-39(30)31)24-14-6-3-7-15-24/h2-9,12-17H,10-11,18-22H2,1H3,(H,32,40). The minimum Gasteiger partial charge on any atom is -0.356 e. The molecule has 0 aliphatic rings. The van der Waals surface area contributed by atoms with Gasteiger partial charge in [0, 0.05) is 36.9 Å². The van der Waals surface area contributed by atoms with E-state index in [1.54, 1.807) is 4.52 Å². The fourth-order valence-corrected chi connectivity index (χ4v) is 5.09. The number of amides is 1. The molecule has 0 unspecified atom stereocenters. The summed E-state index contributed by atoms with van der Waals surface area (Å²) in [5.41, 5.74) is 3.96. The average Bonchev–Trinajstić information content (AvgIpc) is 3.62. The second kappa shape index (κ2) is 11.6. The van der Waals surface area contributed by atoms with E-state index in [0.717, 1.165) is 47.4 Å². The largest absolute Gasteiger partial charge is 0.356 e. The smallest absolute Gasteiger partial charge is 0.258 e. The predicted octanol–water partition coefficient (Wildman–Crippen LogP) is 4.55. The number of hydrogen-bond acceptors (Lipinski definition) is 6. The summed E-state index contributed by atoms with van der Waals surface area (Å²) in [5.74, 6) is 2.13. The van der Waals surface area contributed by atoms with Crippen molar-refractivity contribution in [3.63, 3.8) is 0 Å². The van der Waals surface area contributed by atoms with Gasteiger partial charge in [0.1, 0.15) is 5.82 Å². The van der Waals surface area contributed by atoms with E-state index < -0.39 is 0 Å².